The van der Waals surface area contributed by atoms with Crippen molar-refractivity contribution in [2.45, 2.75) is 25.4 Å². The van der Waals surface area contributed by atoms with E-state index in [1.54, 1.807) is 0 Å². The molecular formula is C16H16N4O3. The van der Waals surface area contributed by atoms with Gasteiger partial charge in [0.2, 0.25) is 12.7 Å². The van der Waals surface area contributed by atoms with Gasteiger partial charge in [-0.15, -0.1) is 0 Å². The Morgan fingerprint density at radius 1 is 1.17 bits per heavy atom. The third kappa shape index (κ3) is 3.18. The molecule has 1 aromatic heterocycles. The molecule has 2 heterocycles. The van der Waals surface area contributed by atoms with E-state index in [0.717, 1.165) is 29.9 Å². The van der Waals surface area contributed by atoms with Gasteiger partial charge in [-0.3, -0.25) is 4.79 Å². The second-order valence-electron chi connectivity index (χ2n) is 5.58. The molecule has 0 atom stereocenters. The minimum absolute atomic E-state index is 0.116. The summed E-state index contributed by atoms with van der Waals surface area (Å²) >= 11 is 0. The standard InChI is InChI=1S/C16H16N4O3/c21-15(20-12-2-3-12)11-7-18-16(19-8-11)17-6-10-1-4-13-14(5-10)23-9-22-13/h1,4-5,7-8,12H,2-3,6,9H2,(H,20,21)(H,17,18,19). The first-order chi connectivity index (χ1) is 11.3. The van der Waals surface area contributed by atoms with E-state index < -0.39 is 0 Å². The van der Waals surface area contributed by atoms with Crippen molar-refractivity contribution >= 4 is 11.9 Å². The molecule has 1 saturated carbocycles. The molecule has 0 saturated heterocycles. The Labute approximate surface area is 133 Å². The highest BCUT2D eigenvalue weighted by Gasteiger charge is 2.24. The first-order valence-electron chi connectivity index (χ1n) is 7.53. The number of hydrogen-bond donors (Lipinski definition) is 2. The molecule has 1 fully saturated rings. The third-order valence-corrected chi connectivity index (χ3v) is 3.71. The second kappa shape index (κ2) is 5.75. The molecule has 2 aliphatic rings. The molecular weight excluding hydrogens is 296 g/mol. The van der Waals surface area contributed by atoms with Gasteiger partial charge < -0.3 is 20.1 Å². The number of anilines is 1. The highest BCUT2D eigenvalue weighted by molar-refractivity contribution is 5.94. The van der Waals surface area contributed by atoms with Crippen LogP contribution in [-0.2, 0) is 6.54 Å². The zero-order valence-corrected chi connectivity index (χ0v) is 12.4. The van der Waals surface area contributed by atoms with Crippen LogP contribution in [0.2, 0.25) is 0 Å². The van der Waals surface area contributed by atoms with Gasteiger partial charge in [0.15, 0.2) is 11.5 Å². The van der Waals surface area contributed by atoms with Crippen molar-refractivity contribution in [3.8, 4) is 11.5 Å². The summed E-state index contributed by atoms with van der Waals surface area (Å²) in [6.45, 7) is 0.823. The van der Waals surface area contributed by atoms with Crippen LogP contribution < -0.4 is 20.1 Å². The fourth-order valence-electron chi connectivity index (χ4n) is 2.27. The summed E-state index contributed by atoms with van der Waals surface area (Å²) in [5.74, 6) is 1.87. The van der Waals surface area contributed by atoms with Gasteiger partial charge in [0, 0.05) is 25.0 Å². The number of benzene rings is 1. The Hall–Kier alpha value is -2.83. The Bertz CT molecular complexity index is 729. The van der Waals surface area contributed by atoms with Gasteiger partial charge in [-0.05, 0) is 30.5 Å². The number of aromatic nitrogens is 2. The number of rotatable bonds is 5. The first-order valence-corrected chi connectivity index (χ1v) is 7.53. The average molecular weight is 312 g/mol. The summed E-state index contributed by atoms with van der Waals surface area (Å²) in [4.78, 5) is 20.2. The van der Waals surface area contributed by atoms with Crippen molar-refractivity contribution in [1.82, 2.24) is 15.3 Å². The number of ether oxygens (including phenoxy) is 2. The van der Waals surface area contributed by atoms with Crippen LogP contribution in [0.5, 0.6) is 11.5 Å². The summed E-state index contributed by atoms with van der Waals surface area (Å²) in [5, 5.41) is 6.03. The smallest absolute Gasteiger partial charge is 0.254 e. The summed E-state index contributed by atoms with van der Waals surface area (Å²) in [7, 11) is 0. The zero-order valence-electron chi connectivity index (χ0n) is 12.4. The summed E-state index contributed by atoms with van der Waals surface area (Å²) < 4.78 is 10.6. The minimum atomic E-state index is -0.116. The molecule has 4 rings (SSSR count). The second-order valence-corrected chi connectivity index (χ2v) is 5.58. The number of nitrogens with zero attached hydrogens (tertiary/aromatic N) is 2. The van der Waals surface area contributed by atoms with Gasteiger partial charge in [-0.2, -0.15) is 0 Å². The summed E-state index contributed by atoms with van der Waals surface area (Å²) in [6.07, 6.45) is 5.18. The minimum Gasteiger partial charge on any atom is -0.454 e. The van der Waals surface area contributed by atoms with Crippen LogP contribution >= 0.6 is 0 Å². The number of carbonyl (C=O) groups is 1. The van der Waals surface area contributed by atoms with Crippen molar-refractivity contribution < 1.29 is 14.3 Å². The molecule has 2 aromatic rings. The molecule has 0 unspecified atom stereocenters. The molecule has 0 spiro atoms. The Balaban J connectivity index is 1.36. The van der Waals surface area contributed by atoms with Gasteiger partial charge in [-0.25, -0.2) is 9.97 Å². The molecule has 7 heteroatoms. The van der Waals surface area contributed by atoms with Crippen LogP contribution in [0.1, 0.15) is 28.8 Å². The van der Waals surface area contributed by atoms with Crippen molar-refractivity contribution in [1.29, 1.82) is 0 Å². The maximum Gasteiger partial charge on any atom is 0.254 e. The molecule has 0 bridgehead atoms. The topological polar surface area (TPSA) is 85.4 Å². The Kier molecular flexibility index (Phi) is 3.45. The van der Waals surface area contributed by atoms with Crippen LogP contribution in [0.4, 0.5) is 5.95 Å². The van der Waals surface area contributed by atoms with E-state index in [1.165, 1.54) is 12.4 Å². The molecule has 2 N–H and O–H groups in total. The van der Waals surface area contributed by atoms with Crippen molar-refractivity contribution in [3.05, 3.63) is 41.7 Å². The van der Waals surface area contributed by atoms with E-state index in [0.29, 0.717) is 24.1 Å². The maximum absolute atomic E-state index is 11.9. The number of amides is 1. The maximum atomic E-state index is 11.9. The molecule has 1 amide bonds. The predicted molar refractivity (Wildman–Crippen MR) is 82.4 cm³/mol. The van der Waals surface area contributed by atoms with Gasteiger partial charge >= 0.3 is 0 Å². The number of hydrogen-bond acceptors (Lipinski definition) is 6. The van der Waals surface area contributed by atoms with Crippen molar-refractivity contribution in [3.63, 3.8) is 0 Å². The lowest BCUT2D eigenvalue weighted by Crippen LogP contribution is -2.25. The number of fused-ring (bicyclic) bond motifs is 1. The largest absolute Gasteiger partial charge is 0.454 e. The first kappa shape index (κ1) is 13.8. The highest BCUT2D eigenvalue weighted by Crippen LogP contribution is 2.32. The fraction of sp³-hybridized carbons (Fsp3) is 0.312. The lowest BCUT2D eigenvalue weighted by Gasteiger charge is -2.07. The highest BCUT2D eigenvalue weighted by atomic mass is 16.7. The summed E-state index contributed by atoms with van der Waals surface area (Å²) in [5.41, 5.74) is 1.51. The predicted octanol–water partition coefficient (Wildman–Crippen LogP) is 1.71. The lowest BCUT2D eigenvalue weighted by molar-refractivity contribution is 0.0950. The van der Waals surface area contributed by atoms with E-state index >= 15 is 0 Å². The van der Waals surface area contributed by atoms with Crippen LogP contribution in [0.3, 0.4) is 0 Å². The Morgan fingerprint density at radius 3 is 2.74 bits per heavy atom. The van der Waals surface area contributed by atoms with E-state index in [9.17, 15) is 4.79 Å². The van der Waals surface area contributed by atoms with E-state index in [1.807, 2.05) is 18.2 Å². The summed E-state index contributed by atoms with van der Waals surface area (Å²) in [6, 6.07) is 6.09. The third-order valence-electron chi connectivity index (χ3n) is 3.71. The van der Waals surface area contributed by atoms with Crippen molar-refractivity contribution in [2.75, 3.05) is 12.1 Å². The number of nitrogens with one attached hydrogen (secondary N) is 2. The van der Waals surface area contributed by atoms with Crippen LogP contribution in [0.25, 0.3) is 0 Å². The average Bonchev–Trinajstić information content (AvgIpc) is 3.27. The number of carbonyl (C=O) groups excluding carboxylic acids is 1. The quantitative estimate of drug-likeness (QED) is 0.874. The van der Waals surface area contributed by atoms with Crippen molar-refractivity contribution in [2.24, 2.45) is 0 Å². The molecule has 0 radical (unpaired) electrons. The molecule has 23 heavy (non-hydrogen) atoms. The van der Waals surface area contributed by atoms with E-state index in [4.69, 9.17) is 9.47 Å². The van der Waals surface area contributed by atoms with Crippen LogP contribution in [0.15, 0.2) is 30.6 Å². The molecule has 118 valence electrons. The molecule has 1 aliphatic carbocycles. The molecule has 1 aliphatic heterocycles. The molecule has 7 nitrogen and oxygen atoms in total. The zero-order chi connectivity index (χ0) is 15.6. The van der Waals surface area contributed by atoms with Gasteiger partial charge in [0.05, 0.1) is 5.56 Å². The van der Waals surface area contributed by atoms with Crippen LogP contribution in [-0.4, -0.2) is 28.7 Å². The fourth-order valence-corrected chi connectivity index (χ4v) is 2.27. The van der Waals surface area contributed by atoms with E-state index in [-0.39, 0.29) is 12.7 Å². The van der Waals surface area contributed by atoms with E-state index in [2.05, 4.69) is 20.6 Å². The lowest BCUT2D eigenvalue weighted by atomic mass is 10.2. The normalized spacial score (nSPS) is 15.3. The SMILES string of the molecule is O=C(NC1CC1)c1cnc(NCc2ccc3c(c2)OCO3)nc1. The van der Waals surface area contributed by atoms with Gasteiger partial charge in [0.1, 0.15) is 0 Å². The monoisotopic (exact) mass is 312 g/mol. The van der Waals surface area contributed by atoms with Gasteiger partial charge in [0.25, 0.3) is 5.91 Å². The van der Waals surface area contributed by atoms with Crippen LogP contribution in [0, 0.1) is 0 Å². The molecule has 1 aromatic carbocycles. The Morgan fingerprint density at radius 2 is 1.96 bits per heavy atom. The van der Waals surface area contributed by atoms with Gasteiger partial charge in [-0.1, -0.05) is 6.07 Å².